The number of hydrogen-bond donors (Lipinski definition) is 1. The molecule has 0 fully saturated rings. The van der Waals surface area contributed by atoms with E-state index in [9.17, 15) is 9.59 Å². The largest absolute Gasteiger partial charge is 0.481 e. The second-order valence-electron chi connectivity index (χ2n) is 7.11. The van der Waals surface area contributed by atoms with Gasteiger partial charge in [0.05, 0.1) is 12.2 Å². The zero-order valence-corrected chi connectivity index (χ0v) is 17.9. The van der Waals surface area contributed by atoms with Crippen LogP contribution in [0, 0.1) is 13.8 Å². The number of ether oxygens (including phenoxy) is 1. The summed E-state index contributed by atoms with van der Waals surface area (Å²) in [6.07, 6.45) is -0.657. The van der Waals surface area contributed by atoms with E-state index in [0.29, 0.717) is 16.5 Å². The van der Waals surface area contributed by atoms with Crippen molar-refractivity contribution in [3.05, 3.63) is 81.1 Å². The van der Waals surface area contributed by atoms with Gasteiger partial charge in [0.15, 0.2) is 6.10 Å². The van der Waals surface area contributed by atoms with Crippen LogP contribution < -0.4 is 15.6 Å². The van der Waals surface area contributed by atoms with Crippen LogP contribution >= 0.6 is 11.6 Å². The Hall–Kier alpha value is -3.12. The maximum Gasteiger partial charge on any atom is 0.266 e. The first-order chi connectivity index (χ1) is 14.3. The second kappa shape index (κ2) is 9.59. The van der Waals surface area contributed by atoms with E-state index in [-0.39, 0.29) is 24.6 Å². The fourth-order valence-corrected chi connectivity index (χ4v) is 3.02. The van der Waals surface area contributed by atoms with E-state index in [4.69, 9.17) is 16.3 Å². The van der Waals surface area contributed by atoms with Crippen LogP contribution in [0.2, 0.25) is 5.02 Å². The minimum absolute atomic E-state index is 0.235. The van der Waals surface area contributed by atoms with E-state index in [1.165, 1.54) is 10.7 Å². The highest BCUT2D eigenvalue weighted by Crippen LogP contribution is 2.20. The number of carbonyl (C=O) groups is 1. The van der Waals surface area contributed by atoms with Crippen LogP contribution in [0.15, 0.2) is 59.4 Å². The summed E-state index contributed by atoms with van der Waals surface area (Å²) in [7, 11) is 0. The zero-order chi connectivity index (χ0) is 21.7. The number of amides is 1. The summed E-state index contributed by atoms with van der Waals surface area (Å²) < 4.78 is 7.13. The first kappa shape index (κ1) is 21.6. The van der Waals surface area contributed by atoms with Gasteiger partial charge in [-0.2, -0.15) is 5.10 Å². The average Bonchev–Trinajstić information content (AvgIpc) is 2.72. The third-order valence-electron chi connectivity index (χ3n) is 4.65. The smallest absolute Gasteiger partial charge is 0.266 e. The molecule has 1 atom stereocenters. The van der Waals surface area contributed by atoms with Gasteiger partial charge in [-0.15, -0.1) is 0 Å². The van der Waals surface area contributed by atoms with Crippen molar-refractivity contribution in [3.8, 4) is 17.0 Å². The molecular formula is C23H24ClN3O3. The van der Waals surface area contributed by atoms with Crippen LogP contribution in [0.4, 0.5) is 0 Å². The molecule has 1 unspecified atom stereocenters. The lowest BCUT2D eigenvalue weighted by atomic mass is 10.1. The van der Waals surface area contributed by atoms with Crippen LogP contribution in [-0.2, 0) is 11.3 Å². The molecule has 156 valence electrons. The number of aryl methyl sites for hydroxylation is 2. The molecule has 0 bridgehead atoms. The highest BCUT2D eigenvalue weighted by Gasteiger charge is 2.15. The lowest BCUT2D eigenvalue weighted by Gasteiger charge is -2.17. The van der Waals surface area contributed by atoms with Crippen LogP contribution in [0.1, 0.15) is 18.1 Å². The number of benzene rings is 2. The molecule has 6 nitrogen and oxygen atoms in total. The highest BCUT2D eigenvalue weighted by molar-refractivity contribution is 6.30. The number of nitrogens with zero attached hydrogens (tertiary/aromatic N) is 2. The van der Waals surface area contributed by atoms with E-state index < -0.39 is 6.10 Å². The Labute approximate surface area is 180 Å². The number of hydrogen-bond acceptors (Lipinski definition) is 4. The first-order valence-electron chi connectivity index (χ1n) is 9.69. The Balaban J connectivity index is 1.59. The Morgan fingerprint density at radius 3 is 2.60 bits per heavy atom. The molecular weight excluding hydrogens is 402 g/mol. The monoisotopic (exact) mass is 425 g/mol. The maximum absolute atomic E-state index is 12.4. The minimum Gasteiger partial charge on any atom is -0.481 e. The van der Waals surface area contributed by atoms with E-state index in [1.54, 1.807) is 25.1 Å². The van der Waals surface area contributed by atoms with Crippen molar-refractivity contribution in [3.63, 3.8) is 0 Å². The van der Waals surface area contributed by atoms with Crippen molar-refractivity contribution in [2.45, 2.75) is 33.4 Å². The van der Waals surface area contributed by atoms with Crippen molar-refractivity contribution in [2.75, 3.05) is 6.54 Å². The molecule has 1 N–H and O–H groups in total. The molecule has 0 saturated carbocycles. The van der Waals surface area contributed by atoms with Gasteiger partial charge in [0.25, 0.3) is 11.5 Å². The molecule has 0 aliphatic rings. The summed E-state index contributed by atoms with van der Waals surface area (Å²) >= 11 is 5.92. The number of carbonyl (C=O) groups excluding carboxylic acids is 1. The van der Waals surface area contributed by atoms with Crippen LogP contribution in [0.3, 0.4) is 0 Å². The van der Waals surface area contributed by atoms with Crippen molar-refractivity contribution in [1.82, 2.24) is 15.1 Å². The third-order valence-corrected chi connectivity index (χ3v) is 4.90. The van der Waals surface area contributed by atoms with Gasteiger partial charge in [0.2, 0.25) is 0 Å². The summed E-state index contributed by atoms with van der Waals surface area (Å²) in [5.41, 5.74) is 3.31. The molecule has 0 saturated heterocycles. The molecule has 3 rings (SSSR count). The number of halogens is 1. The molecule has 3 aromatic rings. The Bertz CT molecular complexity index is 1090. The van der Waals surface area contributed by atoms with Crippen molar-refractivity contribution in [2.24, 2.45) is 0 Å². The van der Waals surface area contributed by atoms with Gasteiger partial charge in [-0.3, -0.25) is 9.59 Å². The molecule has 1 heterocycles. The number of rotatable bonds is 7. The minimum atomic E-state index is -0.657. The fourth-order valence-electron chi connectivity index (χ4n) is 2.89. The quantitative estimate of drug-likeness (QED) is 0.625. The molecule has 0 aliphatic heterocycles. The van der Waals surface area contributed by atoms with E-state index in [2.05, 4.69) is 10.4 Å². The standard InChI is InChI=1S/C23H24ClN3O3/c1-15-4-5-16(2)21(14-15)30-17(3)23(29)25-12-13-27-22(28)11-10-20(26-27)18-6-8-19(24)9-7-18/h4-11,14,17H,12-13H2,1-3H3,(H,25,29). The summed E-state index contributed by atoms with van der Waals surface area (Å²) in [4.78, 5) is 24.5. The Kier molecular flexibility index (Phi) is 6.90. The molecule has 1 amide bonds. The fraction of sp³-hybridized carbons (Fsp3) is 0.261. The molecule has 2 aromatic carbocycles. The van der Waals surface area contributed by atoms with Gasteiger partial charge in [0.1, 0.15) is 5.75 Å². The SMILES string of the molecule is Cc1ccc(C)c(OC(C)C(=O)NCCn2nc(-c3ccc(Cl)cc3)ccc2=O)c1. The highest BCUT2D eigenvalue weighted by atomic mass is 35.5. The Morgan fingerprint density at radius 1 is 1.13 bits per heavy atom. The lowest BCUT2D eigenvalue weighted by Crippen LogP contribution is -2.39. The molecule has 0 spiro atoms. The van der Waals surface area contributed by atoms with E-state index in [0.717, 1.165) is 16.7 Å². The summed E-state index contributed by atoms with van der Waals surface area (Å²) in [6.45, 7) is 6.12. The zero-order valence-electron chi connectivity index (χ0n) is 17.2. The summed E-state index contributed by atoms with van der Waals surface area (Å²) in [6, 6.07) is 16.2. The molecule has 0 radical (unpaired) electrons. The van der Waals surface area contributed by atoms with Crippen molar-refractivity contribution in [1.29, 1.82) is 0 Å². The van der Waals surface area contributed by atoms with E-state index in [1.807, 2.05) is 44.2 Å². The summed E-state index contributed by atoms with van der Waals surface area (Å²) in [5, 5.41) is 7.81. The van der Waals surface area contributed by atoms with Crippen molar-refractivity contribution < 1.29 is 9.53 Å². The summed E-state index contributed by atoms with van der Waals surface area (Å²) in [5.74, 6) is 0.434. The Morgan fingerprint density at radius 2 is 1.87 bits per heavy atom. The normalized spacial score (nSPS) is 11.7. The van der Waals surface area contributed by atoms with Crippen LogP contribution in [-0.4, -0.2) is 28.3 Å². The number of nitrogens with one attached hydrogen (secondary N) is 1. The van der Waals surface area contributed by atoms with Crippen LogP contribution in [0.25, 0.3) is 11.3 Å². The van der Waals surface area contributed by atoms with Gasteiger partial charge in [-0.1, -0.05) is 35.9 Å². The predicted molar refractivity (Wildman–Crippen MR) is 118 cm³/mol. The predicted octanol–water partition coefficient (Wildman–Crippen LogP) is 3.76. The van der Waals surface area contributed by atoms with Crippen LogP contribution in [0.5, 0.6) is 5.75 Å². The molecule has 7 heteroatoms. The average molecular weight is 426 g/mol. The van der Waals surface area contributed by atoms with Crippen molar-refractivity contribution >= 4 is 17.5 Å². The molecule has 0 aliphatic carbocycles. The third kappa shape index (κ3) is 5.48. The van der Waals surface area contributed by atoms with Gasteiger partial charge in [0, 0.05) is 23.2 Å². The van der Waals surface area contributed by atoms with Gasteiger partial charge < -0.3 is 10.1 Å². The maximum atomic E-state index is 12.4. The first-order valence-corrected chi connectivity index (χ1v) is 10.1. The van der Waals surface area contributed by atoms with Gasteiger partial charge in [-0.25, -0.2) is 4.68 Å². The lowest BCUT2D eigenvalue weighted by molar-refractivity contribution is -0.127. The topological polar surface area (TPSA) is 73.2 Å². The molecule has 1 aromatic heterocycles. The second-order valence-corrected chi connectivity index (χ2v) is 7.54. The molecule has 30 heavy (non-hydrogen) atoms. The van der Waals surface area contributed by atoms with Gasteiger partial charge in [-0.05, 0) is 56.2 Å². The number of aromatic nitrogens is 2. The van der Waals surface area contributed by atoms with E-state index >= 15 is 0 Å². The van der Waals surface area contributed by atoms with Gasteiger partial charge >= 0.3 is 0 Å².